The Morgan fingerprint density at radius 2 is 1.58 bits per heavy atom. The van der Waals surface area contributed by atoms with Crippen LogP contribution in [0.4, 0.5) is 0 Å². The third-order valence-electron chi connectivity index (χ3n) is 12.5. The van der Waals surface area contributed by atoms with E-state index in [1.165, 1.54) is 32.1 Å². The molecule has 4 rings (SSSR count). The van der Waals surface area contributed by atoms with Gasteiger partial charge in [0.1, 0.15) is 0 Å². The first-order chi connectivity index (χ1) is 15.3. The van der Waals surface area contributed by atoms with Gasteiger partial charge < -0.3 is 15.3 Å². The Labute approximate surface area is 204 Å². The van der Waals surface area contributed by atoms with E-state index in [2.05, 4.69) is 48.5 Å². The predicted octanol–water partition coefficient (Wildman–Crippen LogP) is 6.44. The predicted molar refractivity (Wildman–Crippen MR) is 136 cm³/mol. The van der Waals surface area contributed by atoms with Crippen molar-refractivity contribution in [2.24, 2.45) is 57.2 Å². The summed E-state index contributed by atoms with van der Waals surface area (Å²) in [5.74, 6) is 3.12. The molecule has 192 valence electrons. The Morgan fingerprint density at radius 3 is 2.21 bits per heavy atom. The van der Waals surface area contributed by atoms with E-state index < -0.39 is 0 Å². The van der Waals surface area contributed by atoms with Crippen LogP contribution in [0.1, 0.15) is 113 Å². The lowest BCUT2D eigenvalue weighted by atomic mass is 9.37. The second-order valence-corrected chi connectivity index (χ2v) is 14.6. The zero-order chi connectivity index (χ0) is 24.4. The van der Waals surface area contributed by atoms with E-state index in [1.807, 2.05) is 0 Å². The summed E-state index contributed by atoms with van der Waals surface area (Å²) >= 11 is 0. The van der Waals surface area contributed by atoms with E-state index in [-0.39, 0.29) is 40.5 Å². The second kappa shape index (κ2) is 8.77. The normalized spacial score (nSPS) is 49.9. The molecule has 3 heteroatoms. The summed E-state index contributed by atoms with van der Waals surface area (Å²) in [6, 6.07) is 0. The highest BCUT2D eigenvalue weighted by atomic mass is 16.3. The molecular weight excluding hydrogens is 408 g/mol. The maximum Gasteiger partial charge on any atom is 0.0594 e. The van der Waals surface area contributed by atoms with Gasteiger partial charge in [-0.15, -0.1) is 0 Å². The molecule has 4 fully saturated rings. The Hall–Kier alpha value is -0.120. The molecule has 0 spiro atoms. The first-order valence-corrected chi connectivity index (χ1v) is 14.3. The van der Waals surface area contributed by atoms with Gasteiger partial charge in [-0.25, -0.2) is 0 Å². The molecule has 0 aromatic heterocycles. The molecule has 10 atom stereocenters. The molecule has 3 N–H and O–H groups in total. The average Bonchev–Trinajstić information content (AvgIpc) is 3.04. The second-order valence-electron chi connectivity index (χ2n) is 14.6. The van der Waals surface area contributed by atoms with Crippen LogP contribution in [0, 0.1) is 57.2 Å². The molecule has 3 nitrogen and oxygen atoms in total. The maximum absolute atomic E-state index is 11.9. The van der Waals surface area contributed by atoms with Crippen molar-refractivity contribution in [1.82, 2.24) is 0 Å². The summed E-state index contributed by atoms with van der Waals surface area (Å²) in [7, 11) is 0. The summed E-state index contributed by atoms with van der Waals surface area (Å²) in [5.41, 5.74) is -0.0432. The number of rotatable bonds is 6. The Balaban J connectivity index is 1.64. The van der Waals surface area contributed by atoms with Crippen LogP contribution in [-0.2, 0) is 0 Å². The number of hydrogen-bond donors (Lipinski definition) is 3. The lowest BCUT2D eigenvalue weighted by molar-refractivity contribution is -0.243. The minimum atomic E-state index is -0.336. The quantitative estimate of drug-likeness (QED) is 0.426. The molecule has 4 aliphatic carbocycles. The van der Waals surface area contributed by atoms with Crippen LogP contribution in [0.25, 0.3) is 0 Å². The average molecular weight is 463 g/mol. The molecule has 0 saturated heterocycles. The SMILES string of the molecule is CC(C)CCC[C@@H](C)[C@H]1CC[C@@]2(C)[C@@H]3CC[C@H]4C(C)(C)C(O)CC[C@]4(C)[C@H]3C(O)C[C@]12CO. The van der Waals surface area contributed by atoms with Gasteiger partial charge in [0.05, 0.1) is 12.2 Å². The largest absolute Gasteiger partial charge is 0.396 e. The van der Waals surface area contributed by atoms with Crippen molar-refractivity contribution >= 4 is 0 Å². The van der Waals surface area contributed by atoms with Gasteiger partial charge >= 0.3 is 0 Å². The van der Waals surface area contributed by atoms with E-state index in [9.17, 15) is 15.3 Å². The van der Waals surface area contributed by atoms with Gasteiger partial charge in [-0.2, -0.15) is 0 Å². The van der Waals surface area contributed by atoms with Crippen LogP contribution in [0.2, 0.25) is 0 Å². The summed E-state index contributed by atoms with van der Waals surface area (Å²) in [4.78, 5) is 0. The Kier molecular flexibility index (Phi) is 6.90. The highest BCUT2D eigenvalue weighted by Crippen LogP contribution is 2.74. The third kappa shape index (κ3) is 3.69. The molecule has 0 aromatic carbocycles. The van der Waals surface area contributed by atoms with Gasteiger partial charge in [-0.3, -0.25) is 0 Å². The van der Waals surface area contributed by atoms with Crippen LogP contribution in [0.15, 0.2) is 0 Å². The van der Waals surface area contributed by atoms with E-state index in [1.54, 1.807) is 0 Å². The Bertz CT molecular complexity index is 703. The summed E-state index contributed by atoms with van der Waals surface area (Å²) in [6.45, 7) is 16.8. The standard InChI is InChI=1S/C30H54O3/c1-19(2)9-8-10-20(3)21-13-16-29(7)22-11-12-24-27(4,5)25(33)14-15-28(24,6)26(22)23(32)17-30(21,29)18-31/h19-26,31-33H,8-18H2,1-7H3/t20-,21-,22-,23?,24+,25?,26-,28+,29+,30+/m1/s1. The minimum Gasteiger partial charge on any atom is -0.396 e. The number of aliphatic hydroxyl groups is 3. The fraction of sp³-hybridized carbons (Fsp3) is 1.00. The molecule has 33 heavy (non-hydrogen) atoms. The number of fused-ring (bicyclic) bond motifs is 5. The van der Waals surface area contributed by atoms with Crippen molar-refractivity contribution in [3.05, 3.63) is 0 Å². The van der Waals surface area contributed by atoms with Crippen molar-refractivity contribution in [1.29, 1.82) is 0 Å². The minimum absolute atomic E-state index is 0.0800. The molecule has 0 radical (unpaired) electrons. The van der Waals surface area contributed by atoms with Crippen molar-refractivity contribution in [3.63, 3.8) is 0 Å². The monoisotopic (exact) mass is 462 g/mol. The molecule has 0 aromatic rings. The van der Waals surface area contributed by atoms with Gasteiger partial charge in [0, 0.05) is 12.0 Å². The lowest BCUT2D eigenvalue weighted by Crippen LogP contribution is -2.66. The molecule has 0 aliphatic heterocycles. The topological polar surface area (TPSA) is 60.7 Å². The third-order valence-corrected chi connectivity index (χ3v) is 12.5. The van der Waals surface area contributed by atoms with Crippen LogP contribution >= 0.6 is 0 Å². The first kappa shape index (κ1) is 26.0. The van der Waals surface area contributed by atoms with Crippen molar-refractivity contribution in [3.8, 4) is 0 Å². The van der Waals surface area contributed by atoms with Crippen LogP contribution in [0.5, 0.6) is 0 Å². The van der Waals surface area contributed by atoms with E-state index in [0.29, 0.717) is 29.6 Å². The summed E-state index contributed by atoms with van der Waals surface area (Å²) < 4.78 is 0. The van der Waals surface area contributed by atoms with Crippen LogP contribution < -0.4 is 0 Å². The zero-order valence-corrected chi connectivity index (χ0v) is 22.7. The fourth-order valence-electron chi connectivity index (χ4n) is 10.7. The molecule has 4 aliphatic rings. The lowest BCUT2D eigenvalue weighted by Gasteiger charge is -2.68. The highest BCUT2D eigenvalue weighted by Gasteiger charge is 2.70. The summed E-state index contributed by atoms with van der Waals surface area (Å²) in [5, 5.41) is 33.7. The van der Waals surface area contributed by atoms with Gasteiger partial charge in [-0.1, -0.05) is 67.7 Å². The van der Waals surface area contributed by atoms with Gasteiger partial charge in [0.25, 0.3) is 0 Å². The van der Waals surface area contributed by atoms with Crippen molar-refractivity contribution in [2.75, 3.05) is 6.61 Å². The van der Waals surface area contributed by atoms with Crippen LogP contribution in [0.3, 0.4) is 0 Å². The van der Waals surface area contributed by atoms with Crippen molar-refractivity contribution in [2.45, 2.75) is 125 Å². The number of aliphatic hydroxyl groups excluding tert-OH is 3. The highest BCUT2D eigenvalue weighted by molar-refractivity contribution is 5.19. The van der Waals surface area contributed by atoms with Gasteiger partial charge in [0.2, 0.25) is 0 Å². The maximum atomic E-state index is 11.9. The first-order valence-electron chi connectivity index (χ1n) is 14.3. The Morgan fingerprint density at radius 1 is 0.879 bits per heavy atom. The molecular formula is C30H54O3. The van der Waals surface area contributed by atoms with E-state index in [0.717, 1.165) is 38.0 Å². The fourth-order valence-corrected chi connectivity index (χ4v) is 10.7. The van der Waals surface area contributed by atoms with Crippen LogP contribution in [-0.4, -0.2) is 34.1 Å². The van der Waals surface area contributed by atoms with E-state index in [4.69, 9.17) is 0 Å². The molecule has 4 saturated carbocycles. The summed E-state index contributed by atoms with van der Waals surface area (Å²) in [6.07, 6.45) is 10.6. The molecule has 0 bridgehead atoms. The molecule has 0 amide bonds. The molecule has 2 unspecified atom stereocenters. The van der Waals surface area contributed by atoms with E-state index >= 15 is 0 Å². The number of hydrogen-bond acceptors (Lipinski definition) is 3. The van der Waals surface area contributed by atoms with Gasteiger partial charge in [-0.05, 0) is 96.7 Å². The smallest absolute Gasteiger partial charge is 0.0594 e. The van der Waals surface area contributed by atoms with Crippen molar-refractivity contribution < 1.29 is 15.3 Å². The zero-order valence-electron chi connectivity index (χ0n) is 22.7. The molecule has 0 heterocycles. The van der Waals surface area contributed by atoms with Gasteiger partial charge in [0.15, 0.2) is 0 Å².